The summed E-state index contributed by atoms with van der Waals surface area (Å²) in [6.45, 7) is 4.78. The molecule has 0 saturated carbocycles. The van der Waals surface area contributed by atoms with Crippen LogP contribution in [0.3, 0.4) is 0 Å². The fourth-order valence-electron chi connectivity index (χ4n) is 4.86. The molecule has 0 unspecified atom stereocenters. The average Bonchev–Trinajstić information content (AvgIpc) is 3.54. The monoisotopic (exact) mass is 571 g/mol. The lowest BCUT2D eigenvalue weighted by Gasteiger charge is -2.36. The number of nitro groups is 1. The number of nitrogens with zero attached hydrogens (tertiary/aromatic N) is 4. The van der Waals surface area contributed by atoms with Gasteiger partial charge in [0.1, 0.15) is 23.4 Å². The van der Waals surface area contributed by atoms with Crippen LogP contribution in [0, 0.1) is 15.9 Å². The zero-order valence-corrected chi connectivity index (χ0v) is 22.4. The number of piperazine rings is 1. The van der Waals surface area contributed by atoms with E-state index in [2.05, 4.69) is 10.2 Å². The van der Waals surface area contributed by atoms with Crippen LogP contribution in [-0.2, 0) is 16.1 Å². The van der Waals surface area contributed by atoms with Gasteiger partial charge >= 0.3 is 6.09 Å². The van der Waals surface area contributed by atoms with Crippen LogP contribution in [0.25, 0.3) is 11.3 Å². The van der Waals surface area contributed by atoms with Crippen LogP contribution in [0.5, 0.6) is 0 Å². The number of benzene rings is 2. The molecule has 0 spiro atoms. The van der Waals surface area contributed by atoms with Crippen molar-refractivity contribution >= 4 is 40.7 Å². The predicted molar refractivity (Wildman–Crippen MR) is 146 cm³/mol. The molecule has 210 valence electrons. The molecule has 0 radical (unpaired) electrons. The van der Waals surface area contributed by atoms with Gasteiger partial charge in [0.15, 0.2) is 0 Å². The Morgan fingerprint density at radius 2 is 1.93 bits per heavy atom. The summed E-state index contributed by atoms with van der Waals surface area (Å²) >= 11 is 5.91. The van der Waals surface area contributed by atoms with Crippen LogP contribution < -0.4 is 15.1 Å². The predicted octanol–water partition coefficient (Wildman–Crippen LogP) is 4.43. The average molecular weight is 572 g/mol. The van der Waals surface area contributed by atoms with E-state index in [0.717, 1.165) is 0 Å². The highest BCUT2D eigenvalue weighted by Gasteiger charge is 2.33. The minimum Gasteiger partial charge on any atom is -0.459 e. The standard InChI is InChI=1S/C27H27ClFN5O6/c1-17(35)30-14-21-16-33(27(36)40-21)19-3-6-24(23(29)13-19)32-10-8-31(9-11-32)15-20-4-7-26(39-20)22-5-2-18(28)12-25(22)34(37)38/h2-7,12-13,21H,8-11,14-16H2,1H3,(H,30,35)/t21-/m0/s1. The van der Waals surface area contributed by atoms with Gasteiger partial charge < -0.3 is 19.4 Å². The molecule has 3 heterocycles. The maximum Gasteiger partial charge on any atom is 0.414 e. The van der Waals surface area contributed by atoms with Crippen LogP contribution >= 0.6 is 11.6 Å². The van der Waals surface area contributed by atoms with E-state index < -0.39 is 22.9 Å². The van der Waals surface area contributed by atoms with Gasteiger partial charge in [0.2, 0.25) is 5.91 Å². The van der Waals surface area contributed by atoms with Crippen molar-refractivity contribution in [1.29, 1.82) is 0 Å². The summed E-state index contributed by atoms with van der Waals surface area (Å²) in [6.07, 6.45) is -1.08. The maximum absolute atomic E-state index is 15.1. The number of furan rings is 1. The second-order valence-corrected chi connectivity index (χ2v) is 10.1. The minimum absolute atomic E-state index is 0.124. The number of carbonyl (C=O) groups is 2. The van der Waals surface area contributed by atoms with Gasteiger partial charge in [-0.05, 0) is 42.5 Å². The van der Waals surface area contributed by atoms with Crippen molar-refractivity contribution in [3.8, 4) is 11.3 Å². The first kappa shape index (κ1) is 27.4. The normalized spacial score (nSPS) is 17.7. The molecule has 1 N–H and O–H groups in total. The summed E-state index contributed by atoms with van der Waals surface area (Å²) in [5.74, 6) is 0.396. The summed E-state index contributed by atoms with van der Waals surface area (Å²) in [5, 5.41) is 14.3. The van der Waals surface area contributed by atoms with E-state index in [1.54, 1.807) is 36.4 Å². The topological polar surface area (TPSA) is 121 Å². The molecular weight excluding hydrogens is 545 g/mol. The van der Waals surface area contributed by atoms with E-state index in [-0.39, 0.29) is 29.7 Å². The number of nitro benzene ring substituents is 1. The van der Waals surface area contributed by atoms with E-state index in [9.17, 15) is 19.7 Å². The van der Waals surface area contributed by atoms with Crippen molar-refractivity contribution in [2.45, 2.75) is 19.6 Å². The number of nitrogens with one attached hydrogen (secondary N) is 1. The van der Waals surface area contributed by atoms with Crippen LogP contribution in [0.4, 0.5) is 26.2 Å². The first-order valence-corrected chi connectivity index (χ1v) is 13.1. The minimum atomic E-state index is -0.581. The lowest BCUT2D eigenvalue weighted by Crippen LogP contribution is -2.46. The molecule has 1 aromatic heterocycles. The summed E-state index contributed by atoms with van der Waals surface area (Å²) in [6, 6.07) is 12.6. The third kappa shape index (κ3) is 6.02. The lowest BCUT2D eigenvalue weighted by atomic mass is 10.1. The Kier molecular flexibility index (Phi) is 7.90. The third-order valence-corrected chi connectivity index (χ3v) is 7.11. The van der Waals surface area contributed by atoms with Crippen molar-refractivity contribution in [3.05, 3.63) is 75.2 Å². The Bertz CT molecular complexity index is 1440. The van der Waals surface area contributed by atoms with Crippen LogP contribution in [0.1, 0.15) is 12.7 Å². The lowest BCUT2D eigenvalue weighted by molar-refractivity contribution is -0.384. The van der Waals surface area contributed by atoms with Gasteiger partial charge in [-0.25, -0.2) is 9.18 Å². The van der Waals surface area contributed by atoms with Gasteiger partial charge in [0, 0.05) is 44.2 Å². The number of ether oxygens (including phenoxy) is 1. The number of halogens is 2. The summed E-state index contributed by atoms with van der Waals surface area (Å²) in [5.41, 5.74) is 1.07. The van der Waals surface area contributed by atoms with E-state index in [1.807, 2.05) is 4.90 Å². The Hall–Kier alpha value is -4.16. The third-order valence-electron chi connectivity index (χ3n) is 6.87. The van der Waals surface area contributed by atoms with Crippen LogP contribution in [-0.4, -0.2) is 67.2 Å². The van der Waals surface area contributed by atoms with Gasteiger partial charge in [-0.1, -0.05) is 11.6 Å². The molecule has 3 aromatic rings. The highest BCUT2D eigenvalue weighted by Crippen LogP contribution is 2.34. The van der Waals surface area contributed by atoms with Crippen LogP contribution in [0.2, 0.25) is 5.02 Å². The molecule has 1 atom stereocenters. The number of carbonyl (C=O) groups excluding carboxylic acids is 2. The Morgan fingerprint density at radius 3 is 2.62 bits per heavy atom. The molecule has 13 heteroatoms. The molecule has 0 aliphatic carbocycles. The van der Waals surface area contributed by atoms with Crippen molar-refractivity contribution < 1.29 is 28.1 Å². The highest BCUT2D eigenvalue weighted by molar-refractivity contribution is 6.30. The van der Waals surface area contributed by atoms with Gasteiger partial charge in [-0.2, -0.15) is 0 Å². The number of hydrogen-bond acceptors (Lipinski definition) is 8. The number of cyclic esters (lactones) is 1. The van der Waals surface area contributed by atoms with E-state index in [1.165, 1.54) is 24.0 Å². The van der Waals surface area contributed by atoms with E-state index >= 15 is 4.39 Å². The number of anilines is 2. The SMILES string of the molecule is CC(=O)NC[C@H]1CN(c2ccc(N3CCN(Cc4ccc(-c5ccc(Cl)cc5[N+](=O)[O-])o4)CC3)c(F)c2)C(=O)O1. The zero-order valence-electron chi connectivity index (χ0n) is 21.6. The second kappa shape index (κ2) is 11.5. The molecule has 40 heavy (non-hydrogen) atoms. The van der Waals surface area contributed by atoms with Crippen molar-refractivity contribution in [2.24, 2.45) is 0 Å². The van der Waals surface area contributed by atoms with Crippen molar-refractivity contribution in [3.63, 3.8) is 0 Å². The molecule has 2 aromatic carbocycles. The fourth-order valence-corrected chi connectivity index (χ4v) is 5.02. The Balaban J connectivity index is 1.18. The summed E-state index contributed by atoms with van der Waals surface area (Å²) in [4.78, 5) is 39.8. The second-order valence-electron chi connectivity index (χ2n) is 9.64. The zero-order chi connectivity index (χ0) is 28.4. The number of amides is 2. The summed E-state index contributed by atoms with van der Waals surface area (Å²) in [7, 11) is 0. The summed E-state index contributed by atoms with van der Waals surface area (Å²) < 4.78 is 26.3. The highest BCUT2D eigenvalue weighted by atomic mass is 35.5. The van der Waals surface area contributed by atoms with Gasteiger partial charge in [0.25, 0.3) is 5.69 Å². The van der Waals surface area contributed by atoms with Gasteiger partial charge in [-0.15, -0.1) is 0 Å². The van der Waals surface area contributed by atoms with Gasteiger partial charge in [-0.3, -0.25) is 24.7 Å². The van der Waals surface area contributed by atoms with Gasteiger partial charge in [0.05, 0.1) is 41.5 Å². The number of hydrogen-bond donors (Lipinski definition) is 1. The molecular formula is C27H27ClFN5O6. The van der Waals surface area contributed by atoms with E-state index in [4.69, 9.17) is 20.8 Å². The number of rotatable bonds is 8. The Morgan fingerprint density at radius 1 is 1.15 bits per heavy atom. The fraction of sp³-hybridized carbons (Fsp3) is 0.333. The molecule has 0 bridgehead atoms. The van der Waals surface area contributed by atoms with Crippen molar-refractivity contribution in [1.82, 2.24) is 10.2 Å². The smallest absolute Gasteiger partial charge is 0.414 e. The molecule has 11 nitrogen and oxygen atoms in total. The quantitative estimate of drug-likeness (QED) is 0.311. The maximum atomic E-state index is 15.1. The molecule has 2 amide bonds. The van der Waals surface area contributed by atoms with Crippen LogP contribution in [0.15, 0.2) is 52.9 Å². The molecule has 5 rings (SSSR count). The van der Waals surface area contributed by atoms with Crippen molar-refractivity contribution in [2.75, 3.05) is 49.1 Å². The van der Waals surface area contributed by atoms with E-state index in [0.29, 0.717) is 61.2 Å². The molecule has 2 aliphatic heterocycles. The molecule has 2 fully saturated rings. The largest absolute Gasteiger partial charge is 0.459 e. The molecule has 2 saturated heterocycles. The molecule has 2 aliphatic rings. The first-order chi connectivity index (χ1) is 19.2. The first-order valence-electron chi connectivity index (χ1n) is 12.7. The Labute approximate surface area is 234 Å².